The summed E-state index contributed by atoms with van der Waals surface area (Å²) in [4.78, 5) is 21.8. The van der Waals surface area contributed by atoms with Crippen molar-refractivity contribution in [2.75, 3.05) is 26.9 Å². The van der Waals surface area contributed by atoms with E-state index in [-0.39, 0.29) is 13.0 Å². The first-order chi connectivity index (χ1) is 7.45. The van der Waals surface area contributed by atoms with Crippen molar-refractivity contribution in [1.82, 2.24) is 0 Å². The summed E-state index contributed by atoms with van der Waals surface area (Å²) in [7, 11) is 1.59. The van der Waals surface area contributed by atoms with E-state index in [4.69, 9.17) is 20.3 Å². The summed E-state index contributed by atoms with van der Waals surface area (Å²) in [5.74, 6) is -2.07. The Bertz CT molecular complexity index is 227. The first kappa shape index (κ1) is 14.9. The molecule has 0 aromatic rings. The minimum absolute atomic E-state index is 0.0741. The van der Waals surface area contributed by atoms with Crippen LogP contribution >= 0.6 is 0 Å². The molecule has 94 valence electrons. The first-order valence-electron chi connectivity index (χ1n) is 5.05. The van der Waals surface area contributed by atoms with Crippen molar-refractivity contribution in [3.8, 4) is 0 Å². The molecule has 1 unspecified atom stereocenters. The van der Waals surface area contributed by atoms with Crippen LogP contribution in [0, 0.1) is 5.41 Å². The second kappa shape index (κ2) is 7.19. The van der Waals surface area contributed by atoms with E-state index in [9.17, 15) is 9.59 Å². The number of aliphatic carboxylic acids is 1. The predicted octanol–water partition coefficient (Wildman–Crippen LogP) is 0.00580. The first-order valence-corrected chi connectivity index (χ1v) is 5.05. The van der Waals surface area contributed by atoms with Gasteiger partial charge in [0.25, 0.3) is 0 Å². The van der Waals surface area contributed by atoms with E-state index in [0.29, 0.717) is 13.2 Å². The Morgan fingerprint density at radius 1 is 1.31 bits per heavy atom. The minimum atomic E-state index is -1.55. The number of primary amides is 1. The molecule has 6 heteroatoms. The number of amides is 1. The molecular formula is C10H19NO5. The zero-order chi connectivity index (χ0) is 12.6. The second-order valence-corrected chi connectivity index (χ2v) is 3.71. The number of hydrogen-bond donors (Lipinski definition) is 2. The Labute approximate surface area is 94.7 Å². The molecule has 0 saturated heterocycles. The maximum Gasteiger partial charge on any atom is 0.318 e. The SMILES string of the molecule is COCCCOCCC(C)(C(N)=O)C(=O)O. The van der Waals surface area contributed by atoms with Crippen molar-refractivity contribution >= 4 is 11.9 Å². The van der Waals surface area contributed by atoms with Gasteiger partial charge in [-0.05, 0) is 19.8 Å². The quantitative estimate of drug-likeness (QED) is 0.431. The van der Waals surface area contributed by atoms with Crippen LogP contribution in [0.2, 0.25) is 0 Å². The molecule has 0 fully saturated rings. The average Bonchev–Trinajstić information content (AvgIpc) is 2.22. The molecule has 0 aliphatic carbocycles. The maximum atomic E-state index is 11.0. The molecule has 3 N–H and O–H groups in total. The minimum Gasteiger partial charge on any atom is -0.480 e. The van der Waals surface area contributed by atoms with Crippen LogP contribution in [0.5, 0.6) is 0 Å². The molecule has 0 heterocycles. The van der Waals surface area contributed by atoms with Gasteiger partial charge in [0.05, 0.1) is 0 Å². The van der Waals surface area contributed by atoms with Crippen molar-refractivity contribution in [2.45, 2.75) is 19.8 Å². The molecule has 1 amide bonds. The Hall–Kier alpha value is -1.14. The van der Waals surface area contributed by atoms with Crippen molar-refractivity contribution in [1.29, 1.82) is 0 Å². The number of hydrogen-bond acceptors (Lipinski definition) is 4. The summed E-state index contributed by atoms with van der Waals surface area (Å²) in [6.45, 7) is 2.56. The smallest absolute Gasteiger partial charge is 0.318 e. The zero-order valence-corrected chi connectivity index (χ0v) is 9.69. The van der Waals surface area contributed by atoms with Gasteiger partial charge < -0.3 is 20.3 Å². The van der Waals surface area contributed by atoms with Gasteiger partial charge in [-0.15, -0.1) is 0 Å². The Morgan fingerprint density at radius 3 is 2.38 bits per heavy atom. The van der Waals surface area contributed by atoms with Gasteiger partial charge in [0, 0.05) is 26.9 Å². The summed E-state index contributed by atoms with van der Waals surface area (Å²) in [6.07, 6.45) is 0.807. The van der Waals surface area contributed by atoms with E-state index < -0.39 is 17.3 Å². The van der Waals surface area contributed by atoms with Gasteiger partial charge in [-0.1, -0.05) is 0 Å². The molecule has 0 bridgehead atoms. The highest BCUT2D eigenvalue weighted by Crippen LogP contribution is 2.21. The Balaban J connectivity index is 3.88. The molecule has 0 aromatic heterocycles. The molecule has 0 aliphatic rings. The van der Waals surface area contributed by atoms with Gasteiger partial charge in [-0.25, -0.2) is 0 Å². The van der Waals surface area contributed by atoms with Crippen molar-refractivity contribution in [3.63, 3.8) is 0 Å². The molecular weight excluding hydrogens is 214 g/mol. The molecule has 0 spiro atoms. The maximum absolute atomic E-state index is 11.0. The largest absolute Gasteiger partial charge is 0.480 e. The molecule has 0 radical (unpaired) electrons. The molecule has 1 atom stereocenters. The van der Waals surface area contributed by atoms with Crippen LogP contribution in [0.4, 0.5) is 0 Å². The highest BCUT2D eigenvalue weighted by Gasteiger charge is 2.39. The fourth-order valence-electron chi connectivity index (χ4n) is 1.02. The number of ether oxygens (including phenoxy) is 2. The second-order valence-electron chi connectivity index (χ2n) is 3.71. The summed E-state index contributed by atoms with van der Waals surface area (Å²) in [6, 6.07) is 0. The normalized spacial score (nSPS) is 14.4. The van der Waals surface area contributed by atoms with E-state index >= 15 is 0 Å². The topological polar surface area (TPSA) is 98.9 Å². The Kier molecular flexibility index (Phi) is 6.67. The third kappa shape index (κ3) is 4.59. The van der Waals surface area contributed by atoms with Gasteiger partial charge >= 0.3 is 5.97 Å². The third-order valence-electron chi connectivity index (χ3n) is 2.40. The van der Waals surface area contributed by atoms with Crippen LogP contribution in [0.3, 0.4) is 0 Å². The summed E-state index contributed by atoms with van der Waals surface area (Å²) < 4.78 is 10.00. The van der Waals surface area contributed by atoms with Crippen molar-refractivity contribution in [3.05, 3.63) is 0 Å². The van der Waals surface area contributed by atoms with Crippen LogP contribution in [0.15, 0.2) is 0 Å². The summed E-state index contributed by atoms with van der Waals surface area (Å²) in [5.41, 5.74) is 3.48. The Morgan fingerprint density at radius 2 is 1.94 bits per heavy atom. The van der Waals surface area contributed by atoms with Crippen LogP contribution < -0.4 is 5.73 Å². The number of carboxylic acid groups (broad SMARTS) is 1. The van der Waals surface area contributed by atoms with Crippen LogP contribution in [0.1, 0.15) is 19.8 Å². The van der Waals surface area contributed by atoms with Crippen LogP contribution in [-0.4, -0.2) is 43.9 Å². The van der Waals surface area contributed by atoms with Gasteiger partial charge in [-0.2, -0.15) is 0 Å². The molecule has 6 nitrogen and oxygen atoms in total. The molecule has 0 saturated carbocycles. The van der Waals surface area contributed by atoms with Crippen LogP contribution in [-0.2, 0) is 19.1 Å². The fraction of sp³-hybridized carbons (Fsp3) is 0.800. The van der Waals surface area contributed by atoms with Crippen LogP contribution in [0.25, 0.3) is 0 Å². The molecule has 0 rings (SSSR count). The molecule has 16 heavy (non-hydrogen) atoms. The van der Waals surface area contributed by atoms with Crippen molar-refractivity contribution < 1.29 is 24.2 Å². The average molecular weight is 233 g/mol. The monoisotopic (exact) mass is 233 g/mol. The number of rotatable bonds is 9. The van der Waals surface area contributed by atoms with Gasteiger partial charge in [0.1, 0.15) is 5.41 Å². The number of nitrogens with two attached hydrogens (primary N) is 1. The third-order valence-corrected chi connectivity index (χ3v) is 2.40. The lowest BCUT2D eigenvalue weighted by Gasteiger charge is -2.20. The fourth-order valence-corrected chi connectivity index (χ4v) is 1.02. The summed E-state index contributed by atoms with van der Waals surface area (Å²) >= 11 is 0. The summed E-state index contributed by atoms with van der Waals surface area (Å²) in [5, 5.41) is 8.87. The number of carbonyl (C=O) groups is 2. The lowest BCUT2D eigenvalue weighted by molar-refractivity contribution is -0.154. The van der Waals surface area contributed by atoms with Gasteiger partial charge in [-0.3, -0.25) is 9.59 Å². The van der Waals surface area contributed by atoms with E-state index in [2.05, 4.69) is 0 Å². The number of carboxylic acids is 1. The van der Waals surface area contributed by atoms with E-state index in [1.54, 1.807) is 7.11 Å². The lowest BCUT2D eigenvalue weighted by atomic mass is 9.86. The van der Waals surface area contributed by atoms with E-state index in [0.717, 1.165) is 6.42 Å². The highest BCUT2D eigenvalue weighted by atomic mass is 16.5. The predicted molar refractivity (Wildman–Crippen MR) is 56.9 cm³/mol. The van der Waals surface area contributed by atoms with Gasteiger partial charge in [0.2, 0.25) is 5.91 Å². The standard InChI is InChI=1S/C10H19NO5/c1-10(8(11)12,9(13)14)4-7-16-6-3-5-15-2/h3-7H2,1-2H3,(H2,11,12)(H,13,14). The van der Waals surface area contributed by atoms with Gasteiger partial charge in [0.15, 0.2) is 0 Å². The molecule has 0 aromatic carbocycles. The molecule has 0 aliphatic heterocycles. The highest BCUT2D eigenvalue weighted by molar-refractivity contribution is 6.00. The van der Waals surface area contributed by atoms with E-state index in [1.165, 1.54) is 6.92 Å². The van der Waals surface area contributed by atoms with E-state index in [1.807, 2.05) is 0 Å². The zero-order valence-electron chi connectivity index (χ0n) is 9.69. The van der Waals surface area contributed by atoms with Crippen molar-refractivity contribution in [2.24, 2.45) is 11.1 Å². The number of carbonyl (C=O) groups excluding carboxylic acids is 1. The lowest BCUT2D eigenvalue weighted by Crippen LogP contribution is -2.42. The number of methoxy groups -OCH3 is 1.